The zero-order valence-electron chi connectivity index (χ0n) is 13.8. The number of amides is 1. The lowest BCUT2D eigenvalue weighted by Gasteiger charge is -2.32. The van der Waals surface area contributed by atoms with Gasteiger partial charge in [0, 0.05) is 31.8 Å². The summed E-state index contributed by atoms with van der Waals surface area (Å²) in [6.45, 7) is 1.38. The van der Waals surface area contributed by atoms with E-state index in [1.54, 1.807) is 11.3 Å². The van der Waals surface area contributed by atoms with Gasteiger partial charge in [-0.3, -0.25) is 9.59 Å². The van der Waals surface area contributed by atoms with E-state index >= 15 is 0 Å². The molecule has 2 aromatic rings. The average molecular weight is 341 g/mol. The van der Waals surface area contributed by atoms with E-state index in [0.29, 0.717) is 19.4 Å². The average Bonchev–Trinajstić information content (AvgIpc) is 3.14. The molecule has 126 valence electrons. The smallest absolute Gasteiger partial charge is 0.222 e. The van der Waals surface area contributed by atoms with Gasteiger partial charge in [0.25, 0.3) is 0 Å². The van der Waals surface area contributed by atoms with Crippen molar-refractivity contribution in [3.8, 4) is 0 Å². The van der Waals surface area contributed by atoms with Crippen LogP contribution in [0, 0.1) is 5.92 Å². The van der Waals surface area contributed by atoms with E-state index in [-0.39, 0.29) is 17.6 Å². The van der Waals surface area contributed by atoms with Gasteiger partial charge in [-0.25, -0.2) is 0 Å². The van der Waals surface area contributed by atoms with Gasteiger partial charge in [0.2, 0.25) is 5.91 Å². The normalized spacial score (nSPS) is 17.7. The molecule has 0 spiro atoms. The summed E-state index contributed by atoms with van der Waals surface area (Å²) in [5, 5.41) is 4.13. The maximum Gasteiger partial charge on any atom is 0.222 e. The number of nitrogens with zero attached hydrogens (tertiary/aromatic N) is 1. The van der Waals surface area contributed by atoms with Gasteiger partial charge in [-0.1, -0.05) is 30.3 Å². The topological polar surface area (TPSA) is 37.4 Å². The first kappa shape index (κ1) is 16.9. The van der Waals surface area contributed by atoms with E-state index in [1.807, 2.05) is 40.6 Å². The Morgan fingerprint density at radius 3 is 2.71 bits per heavy atom. The van der Waals surface area contributed by atoms with Gasteiger partial charge in [0.1, 0.15) is 5.78 Å². The minimum atomic E-state index is -0.0101. The molecule has 0 aliphatic carbocycles. The first-order chi connectivity index (χ1) is 11.7. The summed E-state index contributed by atoms with van der Waals surface area (Å²) in [5.41, 5.74) is 2.28. The van der Waals surface area contributed by atoms with Crippen LogP contribution in [0.5, 0.6) is 0 Å². The summed E-state index contributed by atoms with van der Waals surface area (Å²) in [5.74, 6) is 0.430. The quantitative estimate of drug-likeness (QED) is 0.803. The number of benzene rings is 1. The number of rotatable bonds is 6. The minimum absolute atomic E-state index is 0.0101. The molecule has 1 fully saturated rings. The molecule has 1 aliphatic rings. The van der Waals surface area contributed by atoms with Crippen molar-refractivity contribution in [2.24, 2.45) is 5.92 Å². The zero-order chi connectivity index (χ0) is 16.8. The second-order valence-electron chi connectivity index (χ2n) is 6.44. The van der Waals surface area contributed by atoms with Crippen LogP contribution in [0.15, 0.2) is 47.2 Å². The third kappa shape index (κ3) is 4.54. The van der Waals surface area contributed by atoms with Crippen LogP contribution in [0.25, 0.3) is 0 Å². The van der Waals surface area contributed by atoms with Crippen molar-refractivity contribution in [3.05, 3.63) is 58.3 Å². The van der Waals surface area contributed by atoms with Crippen LogP contribution < -0.4 is 0 Å². The first-order valence-corrected chi connectivity index (χ1v) is 9.52. The van der Waals surface area contributed by atoms with Crippen molar-refractivity contribution in [1.29, 1.82) is 0 Å². The van der Waals surface area contributed by atoms with Gasteiger partial charge < -0.3 is 4.90 Å². The van der Waals surface area contributed by atoms with Gasteiger partial charge in [0.15, 0.2) is 0 Å². The molecule has 0 bridgehead atoms. The molecule has 1 aromatic heterocycles. The van der Waals surface area contributed by atoms with Crippen LogP contribution in [-0.2, 0) is 22.4 Å². The number of hydrogen-bond acceptors (Lipinski definition) is 3. The van der Waals surface area contributed by atoms with Crippen molar-refractivity contribution >= 4 is 23.0 Å². The highest BCUT2D eigenvalue weighted by Gasteiger charge is 2.27. The summed E-state index contributed by atoms with van der Waals surface area (Å²) < 4.78 is 0. The molecule has 24 heavy (non-hydrogen) atoms. The maximum atomic E-state index is 12.5. The van der Waals surface area contributed by atoms with E-state index in [0.717, 1.165) is 31.4 Å². The number of carbonyl (C=O) groups is 2. The highest BCUT2D eigenvalue weighted by Crippen LogP contribution is 2.20. The third-order valence-electron chi connectivity index (χ3n) is 4.66. The molecule has 3 nitrogen and oxygen atoms in total. The van der Waals surface area contributed by atoms with Gasteiger partial charge in [-0.15, -0.1) is 0 Å². The minimum Gasteiger partial charge on any atom is -0.342 e. The largest absolute Gasteiger partial charge is 0.342 e. The Hall–Kier alpha value is -1.94. The Bertz CT molecular complexity index is 666. The lowest BCUT2D eigenvalue weighted by molar-refractivity contribution is -0.135. The second-order valence-corrected chi connectivity index (χ2v) is 7.22. The number of aryl methyl sites for hydroxylation is 1. The molecular formula is C20H23NO2S. The number of Topliss-reactive ketones (excluding diaryl/α,β-unsaturated/α-hetero) is 1. The standard InChI is InChI=1S/C20H23NO2S/c22-19(13-16-5-2-1-3-6-16)18-7-4-11-21(14-18)20(23)9-8-17-10-12-24-15-17/h1-3,5-6,10,12,15,18H,4,7-9,11,13-14H2/t18-/m0/s1. The van der Waals surface area contributed by atoms with Crippen molar-refractivity contribution < 1.29 is 9.59 Å². The van der Waals surface area contributed by atoms with E-state index < -0.39 is 0 Å². The molecule has 0 unspecified atom stereocenters. The highest BCUT2D eigenvalue weighted by atomic mass is 32.1. The molecule has 1 aromatic carbocycles. The Labute approximate surface area is 147 Å². The van der Waals surface area contributed by atoms with E-state index in [2.05, 4.69) is 11.4 Å². The van der Waals surface area contributed by atoms with Crippen molar-refractivity contribution in [2.75, 3.05) is 13.1 Å². The monoisotopic (exact) mass is 341 g/mol. The van der Waals surface area contributed by atoms with Crippen LogP contribution in [0.4, 0.5) is 0 Å². The molecule has 1 aliphatic heterocycles. The Balaban J connectivity index is 1.51. The second kappa shape index (κ2) is 8.25. The van der Waals surface area contributed by atoms with Crippen LogP contribution in [-0.4, -0.2) is 29.7 Å². The fraction of sp³-hybridized carbons (Fsp3) is 0.400. The van der Waals surface area contributed by atoms with E-state index in [4.69, 9.17) is 0 Å². The SMILES string of the molecule is O=C(Cc1ccccc1)[C@H]1CCCN(C(=O)CCc2ccsc2)C1. The zero-order valence-corrected chi connectivity index (χ0v) is 14.6. The molecule has 0 saturated carbocycles. The van der Waals surface area contributed by atoms with Crippen LogP contribution >= 0.6 is 11.3 Å². The number of carbonyl (C=O) groups excluding carboxylic acids is 2. The van der Waals surface area contributed by atoms with Gasteiger partial charge in [-0.05, 0) is 47.2 Å². The molecule has 2 heterocycles. The number of likely N-dealkylation sites (tertiary alicyclic amines) is 1. The van der Waals surface area contributed by atoms with E-state index in [9.17, 15) is 9.59 Å². The Morgan fingerprint density at radius 1 is 1.12 bits per heavy atom. The van der Waals surface area contributed by atoms with Crippen LogP contribution in [0.1, 0.15) is 30.4 Å². The summed E-state index contributed by atoms with van der Waals surface area (Å²) in [6, 6.07) is 11.9. The number of ketones is 1. The molecule has 1 saturated heterocycles. The molecule has 0 N–H and O–H groups in total. The number of thiophene rings is 1. The van der Waals surface area contributed by atoms with Crippen LogP contribution in [0.3, 0.4) is 0 Å². The molecular weight excluding hydrogens is 318 g/mol. The van der Waals surface area contributed by atoms with Crippen LogP contribution in [0.2, 0.25) is 0 Å². The summed E-state index contributed by atoms with van der Waals surface area (Å²) >= 11 is 1.66. The third-order valence-corrected chi connectivity index (χ3v) is 5.39. The molecule has 4 heteroatoms. The molecule has 0 radical (unpaired) electrons. The molecule has 1 amide bonds. The summed E-state index contributed by atoms with van der Waals surface area (Å²) in [6.07, 6.45) is 3.63. The number of hydrogen-bond donors (Lipinski definition) is 0. The van der Waals surface area contributed by atoms with Gasteiger partial charge >= 0.3 is 0 Å². The van der Waals surface area contributed by atoms with Crippen molar-refractivity contribution in [1.82, 2.24) is 4.90 Å². The molecule has 3 rings (SSSR count). The van der Waals surface area contributed by atoms with Gasteiger partial charge in [-0.2, -0.15) is 11.3 Å². The fourth-order valence-corrected chi connectivity index (χ4v) is 3.96. The summed E-state index contributed by atoms with van der Waals surface area (Å²) in [4.78, 5) is 26.9. The lowest BCUT2D eigenvalue weighted by Crippen LogP contribution is -2.42. The van der Waals surface area contributed by atoms with Crippen molar-refractivity contribution in [2.45, 2.75) is 32.1 Å². The van der Waals surface area contributed by atoms with Crippen molar-refractivity contribution in [3.63, 3.8) is 0 Å². The maximum absolute atomic E-state index is 12.5. The van der Waals surface area contributed by atoms with E-state index in [1.165, 1.54) is 5.56 Å². The summed E-state index contributed by atoms with van der Waals surface area (Å²) in [7, 11) is 0. The molecule has 1 atom stereocenters. The predicted octanol–water partition coefficient (Wildman–Crippen LogP) is 3.73. The van der Waals surface area contributed by atoms with Gasteiger partial charge in [0.05, 0.1) is 0 Å². The Kier molecular flexibility index (Phi) is 5.81. The fourth-order valence-electron chi connectivity index (χ4n) is 3.25. The highest BCUT2D eigenvalue weighted by molar-refractivity contribution is 7.07. The Morgan fingerprint density at radius 2 is 1.96 bits per heavy atom. The lowest BCUT2D eigenvalue weighted by atomic mass is 9.90. The first-order valence-electron chi connectivity index (χ1n) is 8.58. The predicted molar refractivity (Wildman–Crippen MR) is 97.1 cm³/mol. The number of piperidine rings is 1.